The number of carbonyl (C=O) groups is 2. The number of aryl methyl sites for hydroxylation is 2. The van der Waals surface area contributed by atoms with Crippen LogP contribution in [0.2, 0.25) is 0 Å². The smallest absolute Gasteiger partial charge is 0.416 e. The normalized spacial score (nSPS) is 11.2. The minimum absolute atomic E-state index is 0.00921. The van der Waals surface area contributed by atoms with Gasteiger partial charge in [0.05, 0.1) is 23.6 Å². The molecule has 0 aliphatic heterocycles. The van der Waals surface area contributed by atoms with Gasteiger partial charge in [0.1, 0.15) is 12.4 Å². The third-order valence-corrected chi connectivity index (χ3v) is 5.29. The van der Waals surface area contributed by atoms with Crippen molar-refractivity contribution in [3.63, 3.8) is 0 Å². The topological polar surface area (TPSA) is 73.9 Å². The quantitative estimate of drug-likeness (QED) is 0.310. The van der Waals surface area contributed by atoms with Crippen LogP contribution in [0, 0.1) is 13.8 Å². The predicted molar refractivity (Wildman–Crippen MR) is 115 cm³/mol. The lowest BCUT2D eigenvalue weighted by Gasteiger charge is -2.15. The molecule has 0 saturated carbocycles. The third kappa shape index (κ3) is 8.08. The minimum Gasteiger partial charge on any atom is -0.489 e. The highest BCUT2D eigenvalue weighted by molar-refractivity contribution is 8.00. The highest BCUT2D eigenvalue weighted by Gasteiger charge is 2.31. The summed E-state index contributed by atoms with van der Waals surface area (Å²) in [6.07, 6.45) is -4.59. The largest absolute Gasteiger partial charge is 0.489 e. The van der Waals surface area contributed by atoms with Crippen LogP contribution >= 0.6 is 11.8 Å². The number of esters is 1. The summed E-state index contributed by atoms with van der Waals surface area (Å²) in [5.74, 6) is -1.38. The van der Waals surface area contributed by atoms with E-state index in [0.29, 0.717) is 0 Å². The van der Waals surface area contributed by atoms with Gasteiger partial charge in [-0.3, -0.25) is 9.59 Å². The molecule has 0 bridgehead atoms. The highest BCUT2D eigenvalue weighted by Crippen LogP contribution is 2.35. The van der Waals surface area contributed by atoms with Crippen LogP contribution in [-0.2, 0) is 25.2 Å². The molecule has 2 aromatic carbocycles. The molecule has 1 N–H and O–H groups in total. The van der Waals surface area contributed by atoms with Crippen LogP contribution in [0.5, 0.6) is 5.75 Å². The van der Waals surface area contributed by atoms with E-state index in [1.54, 1.807) is 0 Å². The summed E-state index contributed by atoms with van der Waals surface area (Å²) in [5, 5.41) is 2.30. The van der Waals surface area contributed by atoms with E-state index in [1.807, 2.05) is 32.0 Å². The first-order valence-electron chi connectivity index (χ1n) is 9.58. The molecule has 0 spiro atoms. The maximum Gasteiger partial charge on any atom is 0.416 e. The summed E-state index contributed by atoms with van der Waals surface area (Å²) in [7, 11) is 1.45. The van der Waals surface area contributed by atoms with Crippen LogP contribution in [0.15, 0.2) is 41.3 Å². The van der Waals surface area contributed by atoms with E-state index < -0.39 is 30.2 Å². The third-order valence-electron chi connectivity index (χ3n) is 4.33. The highest BCUT2D eigenvalue weighted by atomic mass is 32.2. The van der Waals surface area contributed by atoms with Crippen LogP contribution < -0.4 is 10.1 Å². The Morgan fingerprint density at radius 3 is 2.44 bits per heavy atom. The molecule has 1 amide bonds. The molecule has 0 aliphatic rings. The van der Waals surface area contributed by atoms with Gasteiger partial charge in [-0.25, -0.2) is 0 Å². The zero-order valence-corrected chi connectivity index (χ0v) is 18.7. The van der Waals surface area contributed by atoms with Crippen LogP contribution in [-0.4, -0.2) is 44.6 Å². The SMILES string of the molecule is COCCOc1ccc(C(F)(F)F)cc1NC(=O)COC(=O)CSc1ccc(C)c(C)c1. The van der Waals surface area contributed by atoms with E-state index in [9.17, 15) is 22.8 Å². The zero-order valence-electron chi connectivity index (χ0n) is 17.9. The predicted octanol–water partition coefficient (Wildman–Crippen LogP) is 4.62. The summed E-state index contributed by atoms with van der Waals surface area (Å²) in [5.41, 5.74) is 1.09. The van der Waals surface area contributed by atoms with Crippen molar-refractivity contribution >= 4 is 29.3 Å². The summed E-state index contributed by atoms with van der Waals surface area (Å²) in [4.78, 5) is 25.0. The number of halogens is 3. The molecule has 32 heavy (non-hydrogen) atoms. The van der Waals surface area contributed by atoms with Crippen LogP contribution in [0.1, 0.15) is 16.7 Å². The van der Waals surface area contributed by atoms with Crippen molar-refractivity contribution in [3.8, 4) is 5.75 Å². The van der Waals surface area contributed by atoms with E-state index in [-0.39, 0.29) is 30.4 Å². The monoisotopic (exact) mass is 471 g/mol. The van der Waals surface area contributed by atoms with Crippen LogP contribution in [0.4, 0.5) is 18.9 Å². The number of carbonyl (C=O) groups excluding carboxylic acids is 2. The van der Waals surface area contributed by atoms with Gasteiger partial charge in [0, 0.05) is 12.0 Å². The summed E-state index contributed by atoms with van der Waals surface area (Å²) < 4.78 is 54.2. The second kappa shape index (κ2) is 11.8. The van der Waals surface area contributed by atoms with Crippen molar-refractivity contribution in [2.45, 2.75) is 24.9 Å². The summed E-state index contributed by atoms with van der Waals surface area (Å²) in [6.45, 7) is 3.60. The summed E-state index contributed by atoms with van der Waals surface area (Å²) >= 11 is 1.26. The van der Waals surface area contributed by atoms with Crippen molar-refractivity contribution < 1.29 is 37.0 Å². The molecule has 0 aliphatic carbocycles. The van der Waals surface area contributed by atoms with Gasteiger partial charge in [0.2, 0.25) is 0 Å². The second-order valence-corrected chi connectivity index (χ2v) is 7.84. The maximum absolute atomic E-state index is 13.0. The molecule has 0 saturated heterocycles. The minimum atomic E-state index is -4.59. The molecule has 10 heteroatoms. The van der Waals surface area contributed by atoms with Crippen LogP contribution in [0.3, 0.4) is 0 Å². The Hall–Kier alpha value is -2.72. The lowest BCUT2D eigenvalue weighted by atomic mass is 10.1. The van der Waals surface area contributed by atoms with Crippen molar-refractivity contribution in [1.29, 1.82) is 0 Å². The van der Waals surface area contributed by atoms with E-state index in [1.165, 1.54) is 18.9 Å². The van der Waals surface area contributed by atoms with Gasteiger partial charge < -0.3 is 19.5 Å². The van der Waals surface area contributed by atoms with Gasteiger partial charge in [0.25, 0.3) is 5.91 Å². The number of nitrogens with one attached hydrogen (secondary N) is 1. The number of ether oxygens (including phenoxy) is 3. The molecule has 6 nitrogen and oxygen atoms in total. The molecular formula is C22H24F3NO5S. The molecule has 0 fully saturated rings. The van der Waals surface area contributed by atoms with Crippen molar-refractivity contribution in [3.05, 3.63) is 53.1 Å². The van der Waals surface area contributed by atoms with Gasteiger partial charge in [0.15, 0.2) is 6.61 Å². The van der Waals surface area contributed by atoms with Gasteiger partial charge >= 0.3 is 12.1 Å². The number of methoxy groups -OCH3 is 1. The summed E-state index contributed by atoms with van der Waals surface area (Å²) in [6, 6.07) is 8.49. The Morgan fingerprint density at radius 2 is 1.78 bits per heavy atom. The van der Waals surface area contributed by atoms with Crippen LogP contribution in [0.25, 0.3) is 0 Å². The Kier molecular flexibility index (Phi) is 9.40. The zero-order chi connectivity index (χ0) is 23.7. The molecule has 0 heterocycles. The molecule has 2 rings (SSSR count). The Labute approximate surface area is 188 Å². The Morgan fingerprint density at radius 1 is 1.03 bits per heavy atom. The van der Waals surface area contributed by atoms with Gasteiger partial charge in [-0.15, -0.1) is 11.8 Å². The molecule has 0 radical (unpaired) electrons. The fourth-order valence-corrected chi connectivity index (χ4v) is 3.28. The lowest BCUT2D eigenvalue weighted by Crippen LogP contribution is -2.22. The van der Waals surface area contributed by atoms with Crippen molar-refractivity contribution in [2.75, 3.05) is 38.0 Å². The molecule has 174 valence electrons. The van der Waals surface area contributed by atoms with E-state index in [4.69, 9.17) is 14.2 Å². The second-order valence-electron chi connectivity index (χ2n) is 6.79. The van der Waals surface area contributed by atoms with E-state index >= 15 is 0 Å². The van der Waals surface area contributed by atoms with Crippen molar-refractivity contribution in [2.24, 2.45) is 0 Å². The van der Waals surface area contributed by atoms with E-state index in [2.05, 4.69) is 5.32 Å². The fourth-order valence-electron chi connectivity index (χ4n) is 2.48. The average Bonchev–Trinajstić information content (AvgIpc) is 2.73. The molecule has 0 atom stereocenters. The fraction of sp³-hybridized carbons (Fsp3) is 0.364. The first-order valence-corrected chi connectivity index (χ1v) is 10.6. The number of amides is 1. The first kappa shape index (κ1) is 25.5. The number of anilines is 1. The number of hydrogen-bond donors (Lipinski definition) is 1. The molecule has 0 unspecified atom stereocenters. The maximum atomic E-state index is 13.0. The number of hydrogen-bond acceptors (Lipinski definition) is 6. The van der Waals surface area contributed by atoms with E-state index in [0.717, 1.165) is 34.2 Å². The molecule has 0 aromatic heterocycles. The number of alkyl halides is 3. The first-order chi connectivity index (χ1) is 15.1. The lowest BCUT2D eigenvalue weighted by molar-refractivity contribution is -0.144. The number of rotatable bonds is 10. The van der Waals surface area contributed by atoms with Gasteiger partial charge in [-0.1, -0.05) is 6.07 Å². The van der Waals surface area contributed by atoms with Crippen molar-refractivity contribution in [1.82, 2.24) is 0 Å². The van der Waals surface area contributed by atoms with Gasteiger partial charge in [-0.2, -0.15) is 13.2 Å². The number of thioether (sulfide) groups is 1. The molecule has 2 aromatic rings. The molecular weight excluding hydrogens is 447 g/mol. The Bertz CT molecular complexity index is 950. The standard InChI is InChI=1S/C22H24F3NO5S/c1-14-4-6-17(10-15(14)2)32-13-21(28)31-12-20(27)26-18-11-16(22(23,24)25)5-7-19(18)30-9-8-29-3/h4-7,10-11H,8-9,12-13H2,1-3H3,(H,26,27). The number of benzene rings is 2. The average molecular weight is 471 g/mol. The Balaban J connectivity index is 1.93. The van der Waals surface area contributed by atoms with Gasteiger partial charge in [-0.05, 0) is 55.3 Å².